The van der Waals surface area contributed by atoms with Crippen molar-refractivity contribution in [3.63, 3.8) is 0 Å². The van der Waals surface area contributed by atoms with Crippen LogP contribution in [0.15, 0.2) is 36.9 Å². The molecule has 0 saturated carbocycles. The number of allylic oxidation sites excluding steroid dienone is 1. The SMILES string of the molecule is C=CC(c1ccc(OC(F)(F)F)cc1)C(C#N)C#N. The van der Waals surface area contributed by atoms with Crippen molar-refractivity contribution in [1.29, 1.82) is 10.5 Å². The molecule has 1 atom stereocenters. The predicted octanol–water partition coefficient (Wildman–Crippen LogP) is 3.52. The molecule has 0 N–H and O–H groups in total. The lowest BCUT2D eigenvalue weighted by Gasteiger charge is -2.14. The highest BCUT2D eigenvalue weighted by Gasteiger charge is 2.31. The summed E-state index contributed by atoms with van der Waals surface area (Å²) in [5.74, 6) is -1.86. The number of halogens is 3. The summed E-state index contributed by atoms with van der Waals surface area (Å²) in [5.41, 5.74) is 0.526. The highest BCUT2D eigenvalue weighted by atomic mass is 19.4. The Kier molecular flexibility index (Phi) is 4.55. The van der Waals surface area contributed by atoms with Gasteiger partial charge in [-0.05, 0) is 17.7 Å². The largest absolute Gasteiger partial charge is 0.573 e. The van der Waals surface area contributed by atoms with Crippen LogP contribution in [0.1, 0.15) is 11.5 Å². The zero-order valence-electron chi connectivity index (χ0n) is 9.69. The number of ether oxygens (including phenoxy) is 1. The van der Waals surface area contributed by atoms with E-state index in [1.165, 1.54) is 18.2 Å². The first kappa shape index (κ1) is 14.6. The Hall–Kier alpha value is -2.47. The van der Waals surface area contributed by atoms with E-state index in [-0.39, 0.29) is 5.75 Å². The number of nitriles is 2. The van der Waals surface area contributed by atoms with Crippen LogP contribution in [0.25, 0.3) is 0 Å². The number of nitrogens with zero attached hydrogens (tertiary/aromatic N) is 2. The van der Waals surface area contributed by atoms with Crippen LogP contribution in [0, 0.1) is 28.6 Å². The summed E-state index contributed by atoms with van der Waals surface area (Å²) in [6, 6.07) is 8.62. The number of benzene rings is 1. The summed E-state index contributed by atoms with van der Waals surface area (Å²) in [5, 5.41) is 17.6. The average Bonchev–Trinajstić information content (AvgIpc) is 2.35. The normalized spacial score (nSPS) is 12.3. The molecule has 0 fully saturated rings. The van der Waals surface area contributed by atoms with E-state index in [9.17, 15) is 13.2 Å². The van der Waals surface area contributed by atoms with Gasteiger partial charge in [0.15, 0.2) is 0 Å². The van der Waals surface area contributed by atoms with E-state index in [0.717, 1.165) is 12.1 Å². The second-order valence-corrected chi connectivity index (χ2v) is 3.61. The lowest BCUT2D eigenvalue weighted by atomic mass is 9.88. The van der Waals surface area contributed by atoms with Crippen LogP contribution in [-0.2, 0) is 0 Å². The molecule has 1 unspecified atom stereocenters. The number of hydrogen-bond donors (Lipinski definition) is 0. The molecular weight excluding hydrogens is 257 g/mol. The van der Waals surface area contributed by atoms with E-state index in [1.807, 2.05) is 12.1 Å². The zero-order chi connectivity index (χ0) is 14.5. The molecule has 98 valence electrons. The molecule has 0 bridgehead atoms. The fraction of sp³-hybridized carbons (Fsp3) is 0.231. The van der Waals surface area contributed by atoms with Gasteiger partial charge in [0.2, 0.25) is 0 Å². The third-order valence-corrected chi connectivity index (χ3v) is 2.39. The number of hydrogen-bond acceptors (Lipinski definition) is 3. The molecule has 0 radical (unpaired) electrons. The molecule has 0 aliphatic rings. The fourth-order valence-electron chi connectivity index (χ4n) is 1.55. The summed E-state index contributed by atoms with van der Waals surface area (Å²) in [7, 11) is 0. The van der Waals surface area contributed by atoms with Crippen molar-refractivity contribution in [2.45, 2.75) is 12.3 Å². The third kappa shape index (κ3) is 4.04. The summed E-state index contributed by atoms with van der Waals surface area (Å²) in [6.07, 6.45) is -3.34. The van der Waals surface area contributed by atoms with E-state index in [2.05, 4.69) is 11.3 Å². The lowest BCUT2D eigenvalue weighted by molar-refractivity contribution is -0.274. The van der Waals surface area contributed by atoms with Gasteiger partial charge in [0, 0.05) is 5.92 Å². The Morgan fingerprint density at radius 1 is 1.16 bits per heavy atom. The third-order valence-electron chi connectivity index (χ3n) is 2.39. The van der Waals surface area contributed by atoms with E-state index in [1.54, 1.807) is 0 Å². The quantitative estimate of drug-likeness (QED) is 0.783. The number of rotatable bonds is 4. The smallest absolute Gasteiger partial charge is 0.406 e. The zero-order valence-corrected chi connectivity index (χ0v) is 9.69. The van der Waals surface area contributed by atoms with Crippen molar-refractivity contribution in [2.75, 3.05) is 0 Å². The van der Waals surface area contributed by atoms with Crippen molar-refractivity contribution in [3.05, 3.63) is 42.5 Å². The maximum absolute atomic E-state index is 12.0. The van der Waals surface area contributed by atoms with Gasteiger partial charge in [-0.1, -0.05) is 18.2 Å². The maximum Gasteiger partial charge on any atom is 0.573 e. The molecule has 0 aliphatic heterocycles. The highest BCUT2D eigenvalue weighted by molar-refractivity contribution is 5.34. The molecule has 0 aromatic heterocycles. The van der Waals surface area contributed by atoms with Crippen LogP contribution in [0.5, 0.6) is 5.75 Å². The van der Waals surface area contributed by atoms with Crippen LogP contribution in [0.3, 0.4) is 0 Å². The van der Waals surface area contributed by atoms with E-state index in [0.29, 0.717) is 5.56 Å². The monoisotopic (exact) mass is 266 g/mol. The molecule has 1 aromatic carbocycles. The van der Waals surface area contributed by atoms with Gasteiger partial charge in [-0.25, -0.2) is 0 Å². The van der Waals surface area contributed by atoms with Gasteiger partial charge in [0.25, 0.3) is 0 Å². The van der Waals surface area contributed by atoms with Gasteiger partial charge in [-0.3, -0.25) is 0 Å². The van der Waals surface area contributed by atoms with E-state index < -0.39 is 18.2 Å². The van der Waals surface area contributed by atoms with Crippen molar-refractivity contribution in [1.82, 2.24) is 0 Å². The van der Waals surface area contributed by atoms with Crippen LogP contribution >= 0.6 is 0 Å². The molecule has 0 spiro atoms. The Morgan fingerprint density at radius 3 is 2.05 bits per heavy atom. The Balaban J connectivity index is 2.95. The molecule has 0 amide bonds. The van der Waals surface area contributed by atoms with Gasteiger partial charge in [-0.15, -0.1) is 19.8 Å². The molecular formula is C13H9F3N2O. The minimum atomic E-state index is -4.75. The van der Waals surface area contributed by atoms with Crippen LogP contribution < -0.4 is 4.74 Å². The first-order valence-corrected chi connectivity index (χ1v) is 5.18. The van der Waals surface area contributed by atoms with E-state index in [4.69, 9.17) is 10.5 Å². The molecule has 19 heavy (non-hydrogen) atoms. The first-order valence-electron chi connectivity index (χ1n) is 5.18. The summed E-state index contributed by atoms with van der Waals surface area (Å²) < 4.78 is 39.7. The minimum absolute atomic E-state index is 0.357. The highest BCUT2D eigenvalue weighted by Crippen LogP contribution is 2.28. The predicted molar refractivity (Wildman–Crippen MR) is 60.8 cm³/mol. The Morgan fingerprint density at radius 2 is 1.68 bits per heavy atom. The Labute approximate surface area is 108 Å². The summed E-state index contributed by atoms with van der Waals surface area (Å²) in [6.45, 7) is 3.52. The van der Waals surface area contributed by atoms with Gasteiger partial charge in [-0.2, -0.15) is 10.5 Å². The van der Waals surface area contributed by atoms with E-state index >= 15 is 0 Å². The average molecular weight is 266 g/mol. The summed E-state index contributed by atoms with van der Waals surface area (Å²) >= 11 is 0. The first-order chi connectivity index (χ1) is 8.91. The second-order valence-electron chi connectivity index (χ2n) is 3.61. The van der Waals surface area contributed by atoms with Crippen LogP contribution in [0.4, 0.5) is 13.2 Å². The number of alkyl halides is 3. The van der Waals surface area contributed by atoms with Crippen molar-refractivity contribution in [3.8, 4) is 17.9 Å². The van der Waals surface area contributed by atoms with Crippen LogP contribution in [0.2, 0.25) is 0 Å². The van der Waals surface area contributed by atoms with Crippen molar-refractivity contribution < 1.29 is 17.9 Å². The summed E-state index contributed by atoms with van der Waals surface area (Å²) in [4.78, 5) is 0. The standard InChI is InChI=1S/C13H9F3N2O/c1-2-12(10(7-17)8-18)9-3-5-11(6-4-9)19-13(14,15)16/h2-6,10,12H,1H2. The molecule has 3 nitrogen and oxygen atoms in total. The molecule has 6 heteroatoms. The molecule has 0 heterocycles. The lowest BCUT2D eigenvalue weighted by Crippen LogP contribution is -2.17. The van der Waals surface area contributed by atoms with Gasteiger partial charge < -0.3 is 4.74 Å². The molecule has 1 aromatic rings. The van der Waals surface area contributed by atoms with Crippen molar-refractivity contribution >= 4 is 0 Å². The topological polar surface area (TPSA) is 56.8 Å². The molecule has 0 saturated heterocycles. The van der Waals surface area contributed by atoms with Gasteiger partial charge >= 0.3 is 6.36 Å². The Bertz CT molecular complexity index is 509. The van der Waals surface area contributed by atoms with Crippen LogP contribution in [-0.4, -0.2) is 6.36 Å². The molecule has 1 rings (SSSR count). The maximum atomic E-state index is 12.0. The van der Waals surface area contributed by atoms with Crippen molar-refractivity contribution in [2.24, 2.45) is 5.92 Å². The minimum Gasteiger partial charge on any atom is -0.406 e. The fourth-order valence-corrected chi connectivity index (χ4v) is 1.55. The second kappa shape index (κ2) is 5.92. The molecule has 0 aliphatic carbocycles. The van der Waals surface area contributed by atoms with Gasteiger partial charge in [0.1, 0.15) is 11.7 Å². The van der Waals surface area contributed by atoms with Gasteiger partial charge in [0.05, 0.1) is 12.1 Å².